The van der Waals surface area contributed by atoms with Crippen molar-refractivity contribution < 1.29 is 0 Å². The van der Waals surface area contributed by atoms with E-state index in [-0.39, 0.29) is 5.92 Å². The van der Waals surface area contributed by atoms with E-state index in [2.05, 4.69) is 28.9 Å². The fourth-order valence-electron chi connectivity index (χ4n) is 1.84. The Hall–Kier alpha value is -1.63. The van der Waals surface area contributed by atoms with Crippen LogP contribution in [-0.4, -0.2) is 13.1 Å². The highest BCUT2D eigenvalue weighted by Gasteiger charge is 2.08. The van der Waals surface area contributed by atoms with Crippen LogP contribution in [0.3, 0.4) is 0 Å². The van der Waals surface area contributed by atoms with E-state index in [1.165, 1.54) is 4.88 Å². The second-order valence-corrected chi connectivity index (χ2v) is 5.16. The van der Waals surface area contributed by atoms with Gasteiger partial charge in [0.15, 0.2) is 0 Å². The Bertz CT molecular complexity index is 485. The van der Waals surface area contributed by atoms with Crippen LogP contribution in [0.2, 0.25) is 0 Å². The van der Waals surface area contributed by atoms with Crippen LogP contribution in [0, 0.1) is 11.3 Å². The SMILES string of the molecule is N#CC(CNCCc1cccs1)c1ccccc1. The molecule has 92 valence electrons. The van der Waals surface area contributed by atoms with Crippen LogP contribution in [0.4, 0.5) is 0 Å². The van der Waals surface area contributed by atoms with Gasteiger partial charge >= 0.3 is 0 Å². The molecule has 0 spiro atoms. The van der Waals surface area contributed by atoms with Crippen LogP contribution in [0.5, 0.6) is 0 Å². The average Bonchev–Trinajstić information content (AvgIpc) is 2.93. The van der Waals surface area contributed by atoms with Gasteiger partial charge in [-0.05, 0) is 23.4 Å². The van der Waals surface area contributed by atoms with Gasteiger partial charge < -0.3 is 5.32 Å². The Labute approximate surface area is 112 Å². The van der Waals surface area contributed by atoms with Crippen molar-refractivity contribution in [2.24, 2.45) is 0 Å². The lowest BCUT2D eigenvalue weighted by atomic mass is 10.0. The highest BCUT2D eigenvalue weighted by molar-refractivity contribution is 7.09. The van der Waals surface area contributed by atoms with Gasteiger partial charge in [0.2, 0.25) is 0 Å². The second kappa shape index (κ2) is 6.95. The second-order valence-electron chi connectivity index (χ2n) is 4.13. The fraction of sp³-hybridized carbons (Fsp3) is 0.267. The Balaban J connectivity index is 1.77. The fourth-order valence-corrected chi connectivity index (χ4v) is 2.55. The van der Waals surface area contributed by atoms with Crippen molar-refractivity contribution in [1.82, 2.24) is 5.32 Å². The van der Waals surface area contributed by atoms with Gasteiger partial charge in [-0.25, -0.2) is 0 Å². The first-order chi connectivity index (χ1) is 8.90. The third-order valence-corrected chi connectivity index (χ3v) is 3.77. The molecule has 1 unspecified atom stereocenters. The van der Waals surface area contributed by atoms with Gasteiger partial charge in [0.05, 0.1) is 12.0 Å². The van der Waals surface area contributed by atoms with Crippen molar-refractivity contribution in [2.45, 2.75) is 12.3 Å². The molecular formula is C15H16N2S. The summed E-state index contributed by atoms with van der Waals surface area (Å²) in [4.78, 5) is 1.38. The normalized spacial score (nSPS) is 11.9. The number of nitrogens with one attached hydrogen (secondary N) is 1. The van der Waals surface area contributed by atoms with Crippen molar-refractivity contribution >= 4 is 11.3 Å². The molecule has 2 aromatic rings. The largest absolute Gasteiger partial charge is 0.315 e. The molecule has 0 aliphatic heterocycles. The summed E-state index contributed by atoms with van der Waals surface area (Å²) in [5.74, 6) is -0.0606. The minimum Gasteiger partial charge on any atom is -0.315 e. The minimum atomic E-state index is -0.0606. The zero-order valence-corrected chi connectivity index (χ0v) is 11.0. The Morgan fingerprint density at radius 2 is 2.00 bits per heavy atom. The summed E-state index contributed by atoms with van der Waals surface area (Å²) in [6.07, 6.45) is 1.03. The number of hydrogen-bond donors (Lipinski definition) is 1. The molecule has 0 aliphatic carbocycles. The van der Waals surface area contributed by atoms with E-state index in [9.17, 15) is 5.26 Å². The molecule has 18 heavy (non-hydrogen) atoms. The number of nitriles is 1. The summed E-state index contributed by atoms with van der Waals surface area (Å²) < 4.78 is 0. The lowest BCUT2D eigenvalue weighted by Gasteiger charge is -2.10. The highest BCUT2D eigenvalue weighted by atomic mass is 32.1. The quantitative estimate of drug-likeness (QED) is 0.806. The van der Waals surface area contributed by atoms with Crippen LogP contribution in [0.15, 0.2) is 47.8 Å². The maximum Gasteiger partial charge on any atom is 0.0837 e. The zero-order chi connectivity index (χ0) is 12.6. The Morgan fingerprint density at radius 3 is 2.67 bits per heavy atom. The summed E-state index contributed by atoms with van der Waals surface area (Å²) in [7, 11) is 0. The van der Waals surface area contributed by atoms with Gasteiger partial charge in [-0.2, -0.15) is 5.26 Å². The number of benzene rings is 1. The van der Waals surface area contributed by atoms with Crippen molar-refractivity contribution in [3.8, 4) is 6.07 Å². The van der Waals surface area contributed by atoms with Crippen LogP contribution in [0.25, 0.3) is 0 Å². The summed E-state index contributed by atoms with van der Waals surface area (Å²) in [6, 6.07) is 16.5. The van der Waals surface area contributed by atoms with Gasteiger partial charge in [-0.1, -0.05) is 36.4 Å². The summed E-state index contributed by atoms with van der Waals surface area (Å²) in [5, 5.41) is 14.6. The van der Waals surface area contributed by atoms with E-state index in [1.807, 2.05) is 30.3 Å². The van der Waals surface area contributed by atoms with E-state index >= 15 is 0 Å². The molecule has 0 aliphatic rings. The summed E-state index contributed by atoms with van der Waals surface area (Å²) in [6.45, 7) is 1.64. The van der Waals surface area contributed by atoms with Crippen molar-refractivity contribution in [1.29, 1.82) is 5.26 Å². The van der Waals surface area contributed by atoms with Crippen molar-refractivity contribution in [2.75, 3.05) is 13.1 Å². The van der Waals surface area contributed by atoms with Crippen molar-refractivity contribution in [3.05, 3.63) is 58.3 Å². The van der Waals surface area contributed by atoms with Gasteiger partial charge in [0.25, 0.3) is 0 Å². The number of thiophene rings is 1. The minimum absolute atomic E-state index is 0.0606. The zero-order valence-electron chi connectivity index (χ0n) is 10.2. The molecule has 0 amide bonds. The molecule has 1 aromatic heterocycles. The maximum absolute atomic E-state index is 9.17. The molecule has 0 saturated carbocycles. The third kappa shape index (κ3) is 3.69. The standard InChI is InChI=1S/C15H16N2S/c16-11-14(13-5-2-1-3-6-13)12-17-9-8-15-7-4-10-18-15/h1-7,10,14,17H,8-9,12H2. The maximum atomic E-state index is 9.17. The van der Waals surface area contributed by atoms with Crippen LogP contribution < -0.4 is 5.32 Å². The topological polar surface area (TPSA) is 35.8 Å². The third-order valence-electron chi connectivity index (χ3n) is 2.83. The van der Waals surface area contributed by atoms with Crippen LogP contribution in [0.1, 0.15) is 16.4 Å². The lowest BCUT2D eigenvalue weighted by molar-refractivity contribution is 0.652. The molecule has 1 heterocycles. The van der Waals surface area contributed by atoms with Crippen LogP contribution in [-0.2, 0) is 6.42 Å². The Kier molecular flexibility index (Phi) is 4.95. The molecule has 2 rings (SSSR count). The first-order valence-electron chi connectivity index (χ1n) is 6.08. The van der Waals surface area contributed by atoms with Gasteiger partial charge in [-0.3, -0.25) is 0 Å². The Morgan fingerprint density at radius 1 is 1.17 bits per heavy atom. The van der Waals surface area contributed by atoms with E-state index in [0.29, 0.717) is 6.54 Å². The van der Waals surface area contributed by atoms with E-state index in [4.69, 9.17) is 0 Å². The molecule has 0 bridgehead atoms. The molecule has 0 fully saturated rings. The monoisotopic (exact) mass is 256 g/mol. The molecule has 2 nitrogen and oxygen atoms in total. The first-order valence-corrected chi connectivity index (χ1v) is 6.96. The number of rotatable bonds is 6. The summed E-state index contributed by atoms with van der Waals surface area (Å²) >= 11 is 1.78. The average molecular weight is 256 g/mol. The molecule has 0 saturated heterocycles. The highest BCUT2D eigenvalue weighted by Crippen LogP contribution is 2.13. The first kappa shape index (κ1) is 12.8. The molecule has 3 heteroatoms. The predicted molar refractivity (Wildman–Crippen MR) is 75.7 cm³/mol. The smallest absolute Gasteiger partial charge is 0.0837 e. The van der Waals surface area contributed by atoms with Gasteiger partial charge in [0, 0.05) is 18.0 Å². The molecule has 1 aromatic carbocycles. The van der Waals surface area contributed by atoms with E-state index in [0.717, 1.165) is 18.5 Å². The summed E-state index contributed by atoms with van der Waals surface area (Å²) in [5.41, 5.74) is 1.09. The van der Waals surface area contributed by atoms with Gasteiger partial charge in [0.1, 0.15) is 0 Å². The molecule has 1 N–H and O–H groups in total. The predicted octanol–water partition coefficient (Wildman–Crippen LogP) is 3.19. The lowest BCUT2D eigenvalue weighted by Crippen LogP contribution is -2.23. The molecule has 0 radical (unpaired) electrons. The molecular weight excluding hydrogens is 240 g/mol. The van der Waals surface area contributed by atoms with E-state index < -0.39 is 0 Å². The van der Waals surface area contributed by atoms with Crippen molar-refractivity contribution in [3.63, 3.8) is 0 Å². The van der Waals surface area contributed by atoms with Crippen LogP contribution >= 0.6 is 11.3 Å². The van der Waals surface area contributed by atoms with E-state index in [1.54, 1.807) is 11.3 Å². The number of hydrogen-bond acceptors (Lipinski definition) is 3. The molecule has 1 atom stereocenters. The number of nitrogens with zero attached hydrogens (tertiary/aromatic N) is 1. The van der Waals surface area contributed by atoms with Gasteiger partial charge in [-0.15, -0.1) is 11.3 Å².